The van der Waals surface area contributed by atoms with Gasteiger partial charge in [0.25, 0.3) is 0 Å². The number of fused-ring (bicyclic) bond motifs is 3. The third-order valence-electron chi connectivity index (χ3n) is 8.26. The highest BCUT2D eigenvalue weighted by Gasteiger charge is 2.18. The summed E-state index contributed by atoms with van der Waals surface area (Å²) in [6.45, 7) is 0. The monoisotopic (exact) mass is 672 g/mol. The second-order valence-corrected chi connectivity index (χ2v) is 13.2. The quantitative estimate of drug-likeness (QED) is 0.166. The van der Waals surface area contributed by atoms with E-state index < -0.39 is 0 Å². The van der Waals surface area contributed by atoms with Crippen molar-refractivity contribution in [1.82, 2.24) is 0 Å². The Balaban J connectivity index is 1.21. The molecule has 0 bridgehead atoms. The lowest BCUT2D eigenvalue weighted by Gasteiger charge is -2.30. The lowest BCUT2D eigenvalue weighted by molar-refractivity contribution is 1.24. The third-order valence-corrected chi connectivity index (χ3v) is 9.86. The van der Waals surface area contributed by atoms with Crippen LogP contribution in [0.2, 0.25) is 0 Å². The Morgan fingerprint density at radius 2 is 0.804 bits per heavy atom. The molecule has 0 amide bonds. The van der Waals surface area contributed by atoms with Gasteiger partial charge in [-0.3, -0.25) is 0 Å². The number of nitrogens with zero attached hydrogens (tertiary/aromatic N) is 2. The molecule has 0 aliphatic rings. The van der Waals surface area contributed by atoms with Crippen molar-refractivity contribution < 1.29 is 0 Å². The van der Waals surface area contributed by atoms with E-state index in [0.717, 1.165) is 38.6 Å². The lowest BCUT2D eigenvalue weighted by atomic mass is 10.0. The van der Waals surface area contributed by atoms with Gasteiger partial charge in [-0.25, -0.2) is 0 Å². The van der Waals surface area contributed by atoms with Gasteiger partial charge in [0.1, 0.15) is 0 Å². The molecular weight excluding hydrogens is 644 g/mol. The van der Waals surface area contributed by atoms with Crippen LogP contribution in [0, 0.1) is 0 Å². The van der Waals surface area contributed by atoms with E-state index in [9.17, 15) is 0 Å². The van der Waals surface area contributed by atoms with Crippen molar-refractivity contribution >= 4 is 81.6 Å². The van der Waals surface area contributed by atoms with Gasteiger partial charge in [-0.1, -0.05) is 113 Å². The highest BCUT2D eigenvalue weighted by atomic mass is 79.9. The maximum Gasteiger partial charge on any atom is 0.0493 e. The standard InChI is InChI=1S/C42H29BrN2S/c43-32-27-37(44(33-12-4-1-5-13-33)34-14-6-2-7-15-34)29-38(28-32)45(35-16-8-3-9-17-35)36-23-20-30(21-24-36)31-22-25-40-39-18-10-11-19-41(39)46-42(40)26-31/h1-29H. The van der Waals surface area contributed by atoms with Crippen LogP contribution in [0.1, 0.15) is 0 Å². The molecule has 0 atom stereocenters. The van der Waals surface area contributed by atoms with E-state index in [1.807, 2.05) is 11.3 Å². The van der Waals surface area contributed by atoms with Gasteiger partial charge in [0.15, 0.2) is 0 Å². The Morgan fingerprint density at radius 1 is 0.348 bits per heavy atom. The second-order valence-electron chi connectivity index (χ2n) is 11.2. The smallest absolute Gasteiger partial charge is 0.0493 e. The van der Waals surface area contributed by atoms with Gasteiger partial charge in [-0.15, -0.1) is 11.3 Å². The zero-order chi connectivity index (χ0) is 30.9. The van der Waals surface area contributed by atoms with Crippen molar-refractivity contribution in [2.45, 2.75) is 0 Å². The number of halogens is 1. The Kier molecular flexibility index (Phi) is 7.59. The first kappa shape index (κ1) is 28.3. The summed E-state index contributed by atoms with van der Waals surface area (Å²) < 4.78 is 3.65. The number of anilines is 6. The minimum Gasteiger partial charge on any atom is -0.310 e. The summed E-state index contributed by atoms with van der Waals surface area (Å²) in [7, 11) is 0. The van der Waals surface area contributed by atoms with Crippen LogP contribution in [0.5, 0.6) is 0 Å². The van der Waals surface area contributed by atoms with Gasteiger partial charge in [0, 0.05) is 58.8 Å². The first-order valence-corrected chi connectivity index (χ1v) is 16.9. The third kappa shape index (κ3) is 5.47. The fraction of sp³-hybridized carbons (Fsp3) is 0. The van der Waals surface area contributed by atoms with E-state index >= 15 is 0 Å². The molecule has 0 aliphatic heterocycles. The number of hydrogen-bond donors (Lipinski definition) is 0. The number of para-hydroxylation sites is 3. The van der Waals surface area contributed by atoms with Gasteiger partial charge in [0.2, 0.25) is 0 Å². The van der Waals surface area contributed by atoms with E-state index in [0.29, 0.717) is 0 Å². The minimum absolute atomic E-state index is 1.01. The van der Waals surface area contributed by atoms with Gasteiger partial charge in [0.05, 0.1) is 0 Å². The molecule has 8 rings (SSSR count). The van der Waals surface area contributed by atoms with Crippen molar-refractivity contribution in [2.75, 3.05) is 9.80 Å². The molecule has 1 heterocycles. The molecule has 0 saturated carbocycles. The molecule has 2 nitrogen and oxygen atoms in total. The van der Waals surface area contributed by atoms with Crippen LogP contribution in [0.15, 0.2) is 180 Å². The Bertz CT molecular complexity index is 2220. The maximum atomic E-state index is 3.86. The van der Waals surface area contributed by atoms with Crippen molar-refractivity contribution in [3.8, 4) is 11.1 Å². The predicted molar refractivity (Wildman–Crippen MR) is 202 cm³/mol. The topological polar surface area (TPSA) is 6.48 Å². The molecule has 0 radical (unpaired) electrons. The largest absolute Gasteiger partial charge is 0.310 e. The van der Waals surface area contributed by atoms with Gasteiger partial charge in [-0.05, 0) is 90.0 Å². The SMILES string of the molecule is Brc1cc(N(c2ccccc2)c2ccccc2)cc(N(c2ccccc2)c2ccc(-c3ccc4c(c3)sc3ccccc34)cc2)c1. The Hall–Kier alpha value is -5.16. The summed E-state index contributed by atoms with van der Waals surface area (Å²) in [5.41, 5.74) is 8.94. The van der Waals surface area contributed by atoms with Crippen LogP contribution in [0.3, 0.4) is 0 Å². The fourth-order valence-electron chi connectivity index (χ4n) is 6.15. The van der Waals surface area contributed by atoms with E-state index in [4.69, 9.17) is 0 Å². The molecule has 220 valence electrons. The highest BCUT2D eigenvalue weighted by Crippen LogP contribution is 2.43. The van der Waals surface area contributed by atoms with Crippen molar-refractivity contribution in [3.05, 3.63) is 180 Å². The van der Waals surface area contributed by atoms with Crippen molar-refractivity contribution in [1.29, 1.82) is 0 Å². The Morgan fingerprint density at radius 3 is 1.37 bits per heavy atom. The average Bonchev–Trinajstić information content (AvgIpc) is 3.48. The summed E-state index contributed by atoms with van der Waals surface area (Å²) in [4.78, 5) is 4.62. The molecule has 0 unspecified atom stereocenters. The Labute approximate surface area is 281 Å². The van der Waals surface area contributed by atoms with Gasteiger partial charge >= 0.3 is 0 Å². The molecule has 8 aromatic rings. The van der Waals surface area contributed by atoms with E-state index in [1.165, 1.54) is 31.3 Å². The van der Waals surface area contributed by atoms with Crippen LogP contribution in [-0.2, 0) is 0 Å². The zero-order valence-electron chi connectivity index (χ0n) is 24.9. The molecule has 0 aliphatic carbocycles. The fourth-order valence-corrected chi connectivity index (χ4v) is 7.77. The van der Waals surface area contributed by atoms with Crippen LogP contribution < -0.4 is 9.80 Å². The van der Waals surface area contributed by atoms with Crippen molar-refractivity contribution in [3.63, 3.8) is 0 Å². The number of rotatable bonds is 7. The van der Waals surface area contributed by atoms with Crippen molar-refractivity contribution in [2.24, 2.45) is 0 Å². The molecule has 0 saturated heterocycles. The molecule has 0 fully saturated rings. The zero-order valence-corrected chi connectivity index (χ0v) is 27.3. The number of hydrogen-bond acceptors (Lipinski definition) is 3. The van der Waals surface area contributed by atoms with E-state index in [1.54, 1.807) is 0 Å². The molecular formula is C42H29BrN2S. The maximum absolute atomic E-state index is 3.86. The first-order valence-electron chi connectivity index (χ1n) is 15.3. The predicted octanol–water partition coefficient (Wildman–Crippen LogP) is 13.4. The summed E-state index contributed by atoms with van der Waals surface area (Å²) in [5.74, 6) is 0. The average molecular weight is 674 g/mol. The van der Waals surface area contributed by atoms with Gasteiger partial charge < -0.3 is 9.80 Å². The molecule has 4 heteroatoms. The molecule has 0 N–H and O–H groups in total. The van der Waals surface area contributed by atoms with Gasteiger partial charge in [-0.2, -0.15) is 0 Å². The van der Waals surface area contributed by atoms with Crippen LogP contribution >= 0.6 is 27.3 Å². The number of benzene rings is 7. The lowest BCUT2D eigenvalue weighted by Crippen LogP contribution is -2.13. The number of thiophene rings is 1. The van der Waals surface area contributed by atoms with E-state index in [-0.39, 0.29) is 0 Å². The summed E-state index contributed by atoms with van der Waals surface area (Å²) in [6.07, 6.45) is 0. The minimum atomic E-state index is 1.01. The second kappa shape index (κ2) is 12.3. The van der Waals surface area contributed by atoms with E-state index in [2.05, 4.69) is 202 Å². The molecule has 0 spiro atoms. The van der Waals surface area contributed by atoms with Crippen LogP contribution in [0.4, 0.5) is 34.1 Å². The molecule has 1 aromatic heterocycles. The molecule has 7 aromatic carbocycles. The molecule has 46 heavy (non-hydrogen) atoms. The summed E-state index contributed by atoms with van der Waals surface area (Å²) in [5, 5.41) is 2.65. The summed E-state index contributed by atoms with van der Waals surface area (Å²) >= 11 is 5.72. The highest BCUT2D eigenvalue weighted by molar-refractivity contribution is 9.10. The summed E-state index contributed by atoms with van der Waals surface area (Å²) in [6, 6.07) is 62.7. The van der Waals surface area contributed by atoms with Crippen LogP contribution in [-0.4, -0.2) is 0 Å². The van der Waals surface area contributed by atoms with Crippen LogP contribution in [0.25, 0.3) is 31.3 Å². The first-order chi connectivity index (χ1) is 22.7. The normalized spacial score (nSPS) is 11.2.